The van der Waals surface area contributed by atoms with Crippen molar-refractivity contribution in [2.24, 2.45) is 0 Å². The quantitative estimate of drug-likeness (QED) is 0.572. The maximum Gasteiger partial charge on any atom is 0.451 e. The van der Waals surface area contributed by atoms with Gasteiger partial charge in [0.05, 0.1) is 5.39 Å². The molecule has 0 fully saturated rings. The van der Waals surface area contributed by atoms with Crippen LogP contribution in [0, 0.1) is 3.57 Å². The lowest BCUT2D eigenvalue weighted by atomic mass is 10.3. The number of unbranched alkanes of at least 4 members (excludes halogenated alkanes) is 1. The molecule has 0 unspecified atom stereocenters. The van der Waals surface area contributed by atoms with Crippen molar-refractivity contribution >= 4 is 33.6 Å². The molecule has 2 aromatic heterocycles. The Hall–Kier alpha value is -1.39. The molecule has 0 atom stereocenters. The standard InChI is InChI=1S/C12H11F3IN3O2/c1-2-3-4-21-19-9(20)5-8(16)7-6-17-11(12(13,14)15)18-10(7)19/h5-6H,2-4H2,1H3. The van der Waals surface area contributed by atoms with E-state index in [-0.39, 0.29) is 12.3 Å². The summed E-state index contributed by atoms with van der Waals surface area (Å²) in [6.07, 6.45) is -2.12. The normalized spacial score (nSPS) is 11.9. The van der Waals surface area contributed by atoms with Gasteiger partial charge in [-0.15, -0.1) is 4.73 Å². The molecule has 0 bridgehead atoms. The maximum absolute atomic E-state index is 12.7. The predicted octanol–water partition coefficient (Wildman–Crippen LogP) is 2.64. The molecule has 0 aliphatic heterocycles. The summed E-state index contributed by atoms with van der Waals surface area (Å²) in [5, 5.41) is 0.333. The minimum absolute atomic E-state index is 0.176. The summed E-state index contributed by atoms with van der Waals surface area (Å²) < 4.78 is 39.4. The number of hydrogen-bond acceptors (Lipinski definition) is 4. The van der Waals surface area contributed by atoms with Crippen LogP contribution in [-0.4, -0.2) is 21.3 Å². The Labute approximate surface area is 131 Å². The minimum atomic E-state index is -4.68. The van der Waals surface area contributed by atoms with Crippen LogP contribution in [0.2, 0.25) is 0 Å². The molecule has 2 heterocycles. The van der Waals surface area contributed by atoms with Crippen molar-refractivity contribution in [3.63, 3.8) is 0 Å². The molecule has 21 heavy (non-hydrogen) atoms. The van der Waals surface area contributed by atoms with Crippen LogP contribution < -0.4 is 10.4 Å². The summed E-state index contributed by atoms with van der Waals surface area (Å²) >= 11 is 1.85. The lowest BCUT2D eigenvalue weighted by Gasteiger charge is -2.12. The van der Waals surface area contributed by atoms with Gasteiger partial charge in [0.2, 0.25) is 5.82 Å². The van der Waals surface area contributed by atoms with E-state index in [2.05, 4.69) is 9.97 Å². The van der Waals surface area contributed by atoms with E-state index in [1.54, 1.807) is 0 Å². The fourth-order valence-corrected chi connectivity index (χ4v) is 2.25. The molecule has 2 aromatic rings. The van der Waals surface area contributed by atoms with Crippen LogP contribution in [0.3, 0.4) is 0 Å². The third kappa shape index (κ3) is 3.44. The molecular weight excluding hydrogens is 402 g/mol. The molecule has 5 nitrogen and oxygen atoms in total. The number of hydrogen-bond donors (Lipinski definition) is 0. The maximum atomic E-state index is 12.7. The van der Waals surface area contributed by atoms with Gasteiger partial charge in [-0.1, -0.05) is 13.3 Å². The number of pyridine rings is 1. The zero-order valence-electron chi connectivity index (χ0n) is 10.9. The van der Waals surface area contributed by atoms with Crippen molar-refractivity contribution in [2.45, 2.75) is 25.9 Å². The Kier molecular flexibility index (Phi) is 4.69. The predicted molar refractivity (Wildman–Crippen MR) is 77.9 cm³/mol. The van der Waals surface area contributed by atoms with E-state index in [1.807, 2.05) is 29.5 Å². The number of aromatic nitrogens is 3. The van der Waals surface area contributed by atoms with Gasteiger partial charge in [0.25, 0.3) is 5.56 Å². The second-order valence-corrected chi connectivity index (χ2v) is 5.40. The highest BCUT2D eigenvalue weighted by Gasteiger charge is 2.35. The monoisotopic (exact) mass is 413 g/mol. The van der Waals surface area contributed by atoms with Gasteiger partial charge in [0.15, 0.2) is 5.65 Å². The van der Waals surface area contributed by atoms with Crippen LogP contribution in [0.5, 0.6) is 0 Å². The van der Waals surface area contributed by atoms with Gasteiger partial charge in [-0.2, -0.15) is 13.2 Å². The smallest absolute Gasteiger partial charge is 0.409 e. The first-order valence-electron chi connectivity index (χ1n) is 6.13. The molecule has 2 rings (SSSR count). The highest BCUT2D eigenvalue weighted by Crippen LogP contribution is 2.27. The van der Waals surface area contributed by atoms with Crippen LogP contribution in [-0.2, 0) is 6.18 Å². The number of fused-ring (bicyclic) bond motifs is 1. The lowest BCUT2D eigenvalue weighted by Crippen LogP contribution is -2.29. The minimum Gasteiger partial charge on any atom is -0.409 e. The van der Waals surface area contributed by atoms with Gasteiger partial charge < -0.3 is 4.84 Å². The van der Waals surface area contributed by atoms with Crippen LogP contribution >= 0.6 is 22.6 Å². The van der Waals surface area contributed by atoms with Gasteiger partial charge >= 0.3 is 6.18 Å². The molecule has 0 saturated heterocycles. The van der Waals surface area contributed by atoms with Crippen molar-refractivity contribution in [1.82, 2.24) is 14.7 Å². The molecule has 0 aliphatic rings. The first-order valence-corrected chi connectivity index (χ1v) is 7.21. The second-order valence-electron chi connectivity index (χ2n) is 4.24. The summed E-state index contributed by atoms with van der Waals surface area (Å²) in [5.74, 6) is -1.30. The molecule has 9 heteroatoms. The Morgan fingerprint density at radius 2 is 2.14 bits per heavy atom. The highest BCUT2D eigenvalue weighted by molar-refractivity contribution is 14.1. The second kappa shape index (κ2) is 6.16. The Balaban J connectivity index is 2.62. The summed E-state index contributed by atoms with van der Waals surface area (Å²) in [4.78, 5) is 23.9. The molecule has 0 saturated carbocycles. The molecule has 114 valence electrons. The summed E-state index contributed by atoms with van der Waals surface area (Å²) in [6, 6.07) is 1.27. The number of nitrogens with zero attached hydrogens (tertiary/aromatic N) is 3. The third-order valence-electron chi connectivity index (χ3n) is 2.64. The van der Waals surface area contributed by atoms with Crippen LogP contribution in [0.25, 0.3) is 11.0 Å². The lowest BCUT2D eigenvalue weighted by molar-refractivity contribution is -0.144. The number of alkyl halides is 3. The summed E-state index contributed by atoms with van der Waals surface area (Å²) in [5.41, 5.74) is -0.736. The fraction of sp³-hybridized carbons (Fsp3) is 0.417. The van der Waals surface area contributed by atoms with Crippen molar-refractivity contribution in [1.29, 1.82) is 0 Å². The molecule has 0 N–H and O–H groups in total. The molecular formula is C12H11F3IN3O2. The first kappa shape index (κ1) is 16.0. The zero-order valence-corrected chi connectivity index (χ0v) is 13.1. The average Bonchev–Trinajstić information content (AvgIpc) is 2.41. The highest BCUT2D eigenvalue weighted by atomic mass is 127. The average molecular weight is 413 g/mol. The molecule has 0 radical (unpaired) electrons. The van der Waals surface area contributed by atoms with Crippen molar-refractivity contribution in [2.75, 3.05) is 6.61 Å². The van der Waals surface area contributed by atoms with E-state index >= 15 is 0 Å². The SMILES string of the molecule is CCCCOn1c(=O)cc(I)c2cnc(C(F)(F)F)nc21. The Morgan fingerprint density at radius 3 is 2.76 bits per heavy atom. The van der Waals surface area contributed by atoms with Crippen molar-refractivity contribution in [3.8, 4) is 0 Å². The van der Waals surface area contributed by atoms with E-state index in [0.717, 1.165) is 17.3 Å². The summed E-state index contributed by atoms with van der Waals surface area (Å²) in [7, 11) is 0. The van der Waals surface area contributed by atoms with E-state index in [0.29, 0.717) is 15.4 Å². The van der Waals surface area contributed by atoms with Gasteiger partial charge in [0.1, 0.15) is 6.61 Å². The number of rotatable bonds is 4. The first-order chi connectivity index (χ1) is 9.84. The van der Waals surface area contributed by atoms with Gasteiger partial charge in [-0.05, 0) is 29.0 Å². The van der Waals surface area contributed by atoms with E-state index in [4.69, 9.17) is 4.84 Å². The molecule has 0 spiro atoms. The molecule has 0 aromatic carbocycles. The fourth-order valence-electron chi connectivity index (χ4n) is 1.61. The van der Waals surface area contributed by atoms with Crippen molar-refractivity contribution < 1.29 is 18.0 Å². The Bertz CT molecular complexity index is 715. The van der Waals surface area contributed by atoms with E-state index < -0.39 is 17.6 Å². The van der Waals surface area contributed by atoms with Gasteiger partial charge in [-0.25, -0.2) is 9.97 Å². The van der Waals surface area contributed by atoms with Gasteiger partial charge in [-0.3, -0.25) is 4.79 Å². The topological polar surface area (TPSA) is 57.0 Å². The van der Waals surface area contributed by atoms with E-state index in [1.165, 1.54) is 6.07 Å². The number of halogens is 4. The summed E-state index contributed by atoms with van der Waals surface area (Å²) in [6.45, 7) is 2.15. The molecule has 0 aliphatic carbocycles. The zero-order chi connectivity index (χ0) is 15.6. The molecule has 0 amide bonds. The van der Waals surface area contributed by atoms with Gasteiger partial charge in [0, 0.05) is 15.8 Å². The van der Waals surface area contributed by atoms with Crippen LogP contribution in [0.1, 0.15) is 25.6 Å². The third-order valence-corrected chi connectivity index (χ3v) is 3.53. The van der Waals surface area contributed by atoms with E-state index in [9.17, 15) is 18.0 Å². The Morgan fingerprint density at radius 1 is 1.43 bits per heavy atom. The largest absolute Gasteiger partial charge is 0.451 e. The van der Waals surface area contributed by atoms with Crippen LogP contribution in [0.4, 0.5) is 13.2 Å². The van der Waals surface area contributed by atoms with Crippen molar-refractivity contribution in [3.05, 3.63) is 32.0 Å². The van der Waals surface area contributed by atoms with Crippen LogP contribution in [0.15, 0.2) is 17.1 Å².